The number of rotatable bonds is 5. The molecule has 0 saturated carbocycles. The molecule has 1 amide bonds. The van der Waals surface area contributed by atoms with Crippen LogP contribution in [0.1, 0.15) is 31.3 Å². The molecule has 0 bridgehead atoms. The molecule has 2 heterocycles. The molecule has 0 spiro atoms. The zero-order valence-corrected chi connectivity index (χ0v) is 16.0. The van der Waals surface area contributed by atoms with E-state index >= 15 is 0 Å². The summed E-state index contributed by atoms with van der Waals surface area (Å²) in [6, 6.07) is 5.72. The van der Waals surface area contributed by atoms with Crippen LogP contribution >= 0.6 is 0 Å². The number of benzene rings is 1. The molecule has 1 saturated heterocycles. The van der Waals surface area contributed by atoms with E-state index in [0.29, 0.717) is 12.2 Å². The molecule has 2 aromatic rings. The Morgan fingerprint density at radius 2 is 2.00 bits per heavy atom. The summed E-state index contributed by atoms with van der Waals surface area (Å²) in [6.45, 7) is 10.8. The van der Waals surface area contributed by atoms with Gasteiger partial charge in [-0.1, -0.05) is 12.1 Å². The zero-order chi connectivity index (χ0) is 18.7. The first-order valence-corrected chi connectivity index (χ1v) is 9.05. The van der Waals surface area contributed by atoms with Crippen LogP contribution in [0.15, 0.2) is 18.2 Å². The molecule has 1 aliphatic rings. The second-order valence-electron chi connectivity index (χ2n) is 7.59. The fraction of sp³-hybridized carbons (Fsp3) is 0.579. The third-order valence-electron chi connectivity index (χ3n) is 4.39. The van der Waals surface area contributed by atoms with Crippen LogP contribution in [0.4, 0.5) is 0 Å². The van der Waals surface area contributed by atoms with Crippen molar-refractivity contribution in [2.45, 2.75) is 32.9 Å². The molecular weight excluding hydrogens is 332 g/mol. The van der Waals surface area contributed by atoms with Gasteiger partial charge in [0, 0.05) is 30.6 Å². The molecule has 0 radical (unpaired) electrons. The molecule has 3 rings (SSSR count). The van der Waals surface area contributed by atoms with Gasteiger partial charge in [0.1, 0.15) is 11.3 Å². The van der Waals surface area contributed by atoms with Gasteiger partial charge in [-0.2, -0.15) is 5.10 Å². The first-order valence-electron chi connectivity index (χ1n) is 9.05. The highest BCUT2D eigenvalue weighted by atomic mass is 16.5. The van der Waals surface area contributed by atoms with Gasteiger partial charge < -0.3 is 14.8 Å². The molecular formula is C19H28N4O3. The summed E-state index contributed by atoms with van der Waals surface area (Å²) in [5.74, 6) is 0.563. The molecule has 1 N–H and O–H groups in total. The van der Waals surface area contributed by atoms with Gasteiger partial charge in [0.15, 0.2) is 5.69 Å². The molecule has 0 aliphatic carbocycles. The van der Waals surface area contributed by atoms with E-state index in [0.717, 1.165) is 49.5 Å². The Kier molecular flexibility index (Phi) is 5.48. The van der Waals surface area contributed by atoms with E-state index in [9.17, 15) is 4.79 Å². The Morgan fingerprint density at radius 1 is 1.27 bits per heavy atom. The number of nitrogens with zero attached hydrogens (tertiary/aromatic N) is 3. The SMILES string of the molecule is COc1cccc2c(C(=O)NC(C)(C)C)nn(CCN3CCOCC3)c12. The molecule has 1 aliphatic heterocycles. The Morgan fingerprint density at radius 3 is 2.65 bits per heavy atom. The van der Waals surface area contributed by atoms with Crippen LogP contribution in [-0.2, 0) is 11.3 Å². The van der Waals surface area contributed by atoms with Gasteiger partial charge >= 0.3 is 0 Å². The molecule has 7 heteroatoms. The Labute approximate surface area is 154 Å². The van der Waals surface area contributed by atoms with Crippen LogP contribution in [0, 0.1) is 0 Å². The van der Waals surface area contributed by atoms with Crippen molar-refractivity contribution in [3.05, 3.63) is 23.9 Å². The number of ether oxygens (including phenoxy) is 2. The number of carbonyl (C=O) groups excluding carboxylic acids is 1. The molecule has 0 unspecified atom stereocenters. The van der Waals surface area contributed by atoms with Crippen molar-refractivity contribution in [1.29, 1.82) is 0 Å². The Balaban J connectivity index is 1.92. The van der Waals surface area contributed by atoms with Crippen molar-refractivity contribution in [2.75, 3.05) is 40.0 Å². The minimum atomic E-state index is -0.320. The number of aromatic nitrogens is 2. The fourth-order valence-corrected chi connectivity index (χ4v) is 3.16. The molecule has 7 nitrogen and oxygen atoms in total. The number of nitrogens with one attached hydrogen (secondary N) is 1. The minimum Gasteiger partial charge on any atom is -0.494 e. The van der Waals surface area contributed by atoms with Gasteiger partial charge in [-0.05, 0) is 26.8 Å². The van der Waals surface area contributed by atoms with Gasteiger partial charge in [0.25, 0.3) is 5.91 Å². The molecule has 26 heavy (non-hydrogen) atoms. The van der Waals surface area contributed by atoms with Crippen LogP contribution in [0.5, 0.6) is 5.75 Å². The predicted octanol–water partition coefficient (Wildman–Crippen LogP) is 1.91. The summed E-state index contributed by atoms with van der Waals surface area (Å²) in [6.07, 6.45) is 0. The highest BCUT2D eigenvalue weighted by molar-refractivity contribution is 6.06. The number of fused-ring (bicyclic) bond motifs is 1. The summed E-state index contributed by atoms with van der Waals surface area (Å²) in [4.78, 5) is 15.1. The van der Waals surface area contributed by atoms with Gasteiger partial charge in [-0.3, -0.25) is 14.4 Å². The van der Waals surface area contributed by atoms with E-state index in [1.807, 2.05) is 43.7 Å². The maximum atomic E-state index is 12.7. The summed E-state index contributed by atoms with van der Waals surface area (Å²) >= 11 is 0. The number of carbonyl (C=O) groups is 1. The lowest BCUT2D eigenvalue weighted by atomic mass is 10.1. The lowest BCUT2D eigenvalue weighted by Gasteiger charge is -2.26. The van der Waals surface area contributed by atoms with Crippen LogP contribution in [0.2, 0.25) is 0 Å². The largest absolute Gasteiger partial charge is 0.494 e. The van der Waals surface area contributed by atoms with Crippen molar-refractivity contribution in [1.82, 2.24) is 20.0 Å². The van der Waals surface area contributed by atoms with E-state index in [1.165, 1.54) is 0 Å². The fourth-order valence-electron chi connectivity index (χ4n) is 3.16. The lowest BCUT2D eigenvalue weighted by Crippen LogP contribution is -2.41. The number of para-hydroxylation sites is 1. The Hall–Kier alpha value is -2.12. The number of amides is 1. The number of hydrogen-bond acceptors (Lipinski definition) is 5. The second kappa shape index (κ2) is 7.63. The van der Waals surface area contributed by atoms with E-state index in [4.69, 9.17) is 9.47 Å². The zero-order valence-electron chi connectivity index (χ0n) is 16.0. The third-order valence-corrected chi connectivity index (χ3v) is 4.39. The average Bonchev–Trinajstić information content (AvgIpc) is 2.98. The van der Waals surface area contributed by atoms with Crippen molar-refractivity contribution in [3.63, 3.8) is 0 Å². The number of methoxy groups -OCH3 is 1. The smallest absolute Gasteiger partial charge is 0.272 e. The van der Waals surface area contributed by atoms with Crippen molar-refractivity contribution in [3.8, 4) is 5.75 Å². The van der Waals surface area contributed by atoms with Crippen LogP contribution in [-0.4, -0.2) is 66.1 Å². The second-order valence-corrected chi connectivity index (χ2v) is 7.59. The topological polar surface area (TPSA) is 68.6 Å². The molecule has 142 valence electrons. The predicted molar refractivity (Wildman–Crippen MR) is 101 cm³/mol. The van der Waals surface area contributed by atoms with Gasteiger partial charge in [-0.25, -0.2) is 0 Å². The summed E-state index contributed by atoms with van der Waals surface area (Å²) in [5.41, 5.74) is 0.984. The van der Waals surface area contributed by atoms with Gasteiger partial charge in [0.05, 0.1) is 26.9 Å². The van der Waals surface area contributed by atoms with Crippen LogP contribution < -0.4 is 10.1 Å². The molecule has 1 fully saturated rings. The molecule has 1 aromatic carbocycles. The van der Waals surface area contributed by atoms with E-state index in [2.05, 4.69) is 15.3 Å². The number of hydrogen-bond donors (Lipinski definition) is 1. The van der Waals surface area contributed by atoms with Crippen molar-refractivity contribution >= 4 is 16.8 Å². The van der Waals surface area contributed by atoms with E-state index in [-0.39, 0.29) is 11.4 Å². The lowest BCUT2D eigenvalue weighted by molar-refractivity contribution is 0.0361. The monoisotopic (exact) mass is 360 g/mol. The highest BCUT2D eigenvalue weighted by Crippen LogP contribution is 2.28. The summed E-state index contributed by atoms with van der Waals surface area (Å²) in [7, 11) is 1.64. The third kappa shape index (κ3) is 4.16. The summed E-state index contributed by atoms with van der Waals surface area (Å²) in [5, 5.41) is 8.45. The first kappa shape index (κ1) is 18.7. The van der Waals surface area contributed by atoms with Gasteiger partial charge in [0.2, 0.25) is 0 Å². The van der Waals surface area contributed by atoms with Gasteiger partial charge in [-0.15, -0.1) is 0 Å². The normalized spacial score (nSPS) is 16.0. The van der Waals surface area contributed by atoms with E-state index in [1.54, 1.807) is 7.11 Å². The molecule has 1 aromatic heterocycles. The summed E-state index contributed by atoms with van der Waals surface area (Å²) < 4.78 is 12.8. The quantitative estimate of drug-likeness (QED) is 0.882. The minimum absolute atomic E-state index is 0.166. The van der Waals surface area contributed by atoms with Crippen molar-refractivity contribution < 1.29 is 14.3 Å². The van der Waals surface area contributed by atoms with E-state index < -0.39 is 0 Å². The van der Waals surface area contributed by atoms with Crippen molar-refractivity contribution in [2.24, 2.45) is 0 Å². The standard InChI is InChI=1S/C19H28N4O3/c1-19(2,3)20-18(24)16-14-6-5-7-15(25-4)17(14)23(21-16)9-8-22-10-12-26-13-11-22/h5-7H,8-13H2,1-4H3,(H,20,24). The maximum Gasteiger partial charge on any atom is 0.272 e. The highest BCUT2D eigenvalue weighted by Gasteiger charge is 2.23. The number of morpholine rings is 1. The first-order chi connectivity index (χ1) is 12.4. The Bertz CT molecular complexity index is 773. The van der Waals surface area contributed by atoms with Crippen LogP contribution in [0.25, 0.3) is 10.9 Å². The maximum absolute atomic E-state index is 12.7. The molecule has 0 atom stereocenters. The average molecular weight is 360 g/mol. The van der Waals surface area contributed by atoms with Crippen LogP contribution in [0.3, 0.4) is 0 Å².